The summed E-state index contributed by atoms with van der Waals surface area (Å²) in [7, 11) is 0. The first-order chi connectivity index (χ1) is 12.5. The van der Waals surface area contributed by atoms with Crippen molar-refractivity contribution in [2.45, 2.75) is 25.8 Å². The lowest BCUT2D eigenvalue weighted by Gasteiger charge is -2.43. The summed E-state index contributed by atoms with van der Waals surface area (Å²) < 4.78 is 0. The largest absolute Gasteiger partial charge is 0.303 e. The van der Waals surface area contributed by atoms with Crippen molar-refractivity contribution < 1.29 is 19.2 Å². The SMILES string of the molecule is CC(=O)CC(=O)C1C(=O)CC2c3ccccc3-c3ccccc3N2C1=O. The van der Waals surface area contributed by atoms with Gasteiger partial charge in [-0.25, -0.2) is 0 Å². The van der Waals surface area contributed by atoms with Gasteiger partial charge < -0.3 is 4.90 Å². The van der Waals surface area contributed by atoms with E-state index in [4.69, 9.17) is 0 Å². The standard InChI is InChI=1S/C21H17NO4/c1-12(23)10-18(24)20-19(25)11-17-15-8-3-2-6-13(15)14-7-4-5-9-16(14)22(17)21(20)26/h2-9,17,20H,10-11H2,1H3. The molecule has 2 aromatic rings. The first kappa shape index (κ1) is 16.4. The Hall–Kier alpha value is -3.08. The van der Waals surface area contributed by atoms with Gasteiger partial charge in [-0.05, 0) is 24.1 Å². The number of ketones is 3. The number of piperidine rings is 1. The summed E-state index contributed by atoms with van der Waals surface area (Å²) in [6.45, 7) is 1.28. The Labute approximate surface area is 150 Å². The van der Waals surface area contributed by atoms with E-state index in [2.05, 4.69) is 0 Å². The third kappa shape index (κ3) is 2.39. The lowest BCUT2D eigenvalue weighted by atomic mass is 9.78. The van der Waals surface area contributed by atoms with Crippen molar-refractivity contribution in [2.75, 3.05) is 4.90 Å². The third-order valence-corrected chi connectivity index (χ3v) is 5.03. The summed E-state index contributed by atoms with van der Waals surface area (Å²) >= 11 is 0. The Morgan fingerprint density at radius 3 is 2.38 bits per heavy atom. The van der Waals surface area contributed by atoms with Crippen LogP contribution < -0.4 is 4.90 Å². The van der Waals surface area contributed by atoms with Crippen molar-refractivity contribution in [3.05, 3.63) is 54.1 Å². The molecule has 4 rings (SSSR count). The van der Waals surface area contributed by atoms with Gasteiger partial charge >= 0.3 is 0 Å². The summed E-state index contributed by atoms with van der Waals surface area (Å²) in [6.07, 6.45) is -0.315. The molecule has 0 radical (unpaired) electrons. The number of Topliss-reactive ketones (excluding diaryl/α,β-unsaturated/α-hetero) is 3. The van der Waals surface area contributed by atoms with Crippen LogP contribution in [-0.4, -0.2) is 23.3 Å². The maximum Gasteiger partial charge on any atom is 0.245 e. The number of hydrogen-bond acceptors (Lipinski definition) is 4. The summed E-state index contributed by atoms with van der Waals surface area (Å²) in [6, 6.07) is 14.8. The Morgan fingerprint density at radius 2 is 1.65 bits per heavy atom. The number of fused-ring (bicyclic) bond motifs is 6. The van der Waals surface area contributed by atoms with E-state index in [0.29, 0.717) is 5.69 Å². The van der Waals surface area contributed by atoms with Crippen molar-refractivity contribution in [2.24, 2.45) is 5.92 Å². The molecule has 2 atom stereocenters. The van der Waals surface area contributed by atoms with E-state index in [-0.39, 0.29) is 18.6 Å². The number of carbonyl (C=O) groups is 4. The molecule has 1 fully saturated rings. The molecule has 2 unspecified atom stereocenters. The molecule has 130 valence electrons. The summed E-state index contributed by atoms with van der Waals surface area (Å²) in [4.78, 5) is 51.0. The average molecular weight is 347 g/mol. The molecule has 0 N–H and O–H groups in total. The minimum atomic E-state index is -1.38. The smallest absolute Gasteiger partial charge is 0.245 e. The second-order valence-electron chi connectivity index (χ2n) is 6.78. The Morgan fingerprint density at radius 1 is 1.00 bits per heavy atom. The fourth-order valence-electron chi connectivity index (χ4n) is 3.97. The van der Waals surface area contributed by atoms with Crippen LogP contribution in [0.2, 0.25) is 0 Å². The summed E-state index contributed by atoms with van der Waals surface area (Å²) in [5.74, 6) is -3.27. The highest BCUT2D eigenvalue weighted by Crippen LogP contribution is 2.48. The molecule has 0 spiro atoms. The number of para-hydroxylation sites is 1. The molecule has 2 heterocycles. The molecule has 2 aliphatic rings. The van der Waals surface area contributed by atoms with Crippen LogP contribution in [-0.2, 0) is 19.2 Å². The van der Waals surface area contributed by atoms with Crippen molar-refractivity contribution in [1.29, 1.82) is 0 Å². The van der Waals surface area contributed by atoms with Gasteiger partial charge in [0, 0.05) is 12.0 Å². The molecular weight excluding hydrogens is 330 g/mol. The van der Waals surface area contributed by atoms with E-state index in [1.807, 2.05) is 48.5 Å². The number of hydrogen-bond donors (Lipinski definition) is 0. The molecule has 0 aromatic heterocycles. The molecule has 5 nitrogen and oxygen atoms in total. The highest BCUT2D eigenvalue weighted by molar-refractivity contribution is 6.27. The summed E-state index contributed by atoms with van der Waals surface area (Å²) in [5, 5.41) is 0. The van der Waals surface area contributed by atoms with Crippen LogP contribution in [0.1, 0.15) is 31.4 Å². The maximum atomic E-state index is 13.1. The van der Waals surface area contributed by atoms with Gasteiger partial charge in [-0.3, -0.25) is 19.2 Å². The second kappa shape index (κ2) is 6.02. The van der Waals surface area contributed by atoms with Gasteiger partial charge in [-0.15, -0.1) is 0 Å². The molecule has 1 amide bonds. The minimum absolute atomic E-state index is 0.0748. The van der Waals surface area contributed by atoms with E-state index in [1.54, 1.807) is 4.90 Å². The van der Waals surface area contributed by atoms with Gasteiger partial charge in [-0.1, -0.05) is 42.5 Å². The van der Waals surface area contributed by atoms with E-state index >= 15 is 0 Å². The third-order valence-electron chi connectivity index (χ3n) is 5.03. The number of rotatable bonds is 3. The Kier molecular flexibility index (Phi) is 3.80. The molecular formula is C21H17NO4. The van der Waals surface area contributed by atoms with Gasteiger partial charge in [0.25, 0.3) is 0 Å². The zero-order valence-corrected chi connectivity index (χ0v) is 14.3. The second-order valence-corrected chi connectivity index (χ2v) is 6.78. The topological polar surface area (TPSA) is 71.5 Å². The van der Waals surface area contributed by atoms with E-state index in [0.717, 1.165) is 16.7 Å². The van der Waals surface area contributed by atoms with Gasteiger partial charge in [0.2, 0.25) is 5.91 Å². The van der Waals surface area contributed by atoms with Gasteiger partial charge in [0.15, 0.2) is 17.5 Å². The molecule has 0 aliphatic carbocycles. The zero-order chi connectivity index (χ0) is 18.4. The van der Waals surface area contributed by atoms with E-state index < -0.39 is 29.4 Å². The number of benzene rings is 2. The van der Waals surface area contributed by atoms with Crippen LogP contribution in [0.3, 0.4) is 0 Å². The number of carbonyl (C=O) groups excluding carboxylic acids is 4. The number of amides is 1. The molecule has 26 heavy (non-hydrogen) atoms. The van der Waals surface area contributed by atoms with Crippen LogP contribution in [0.25, 0.3) is 11.1 Å². The molecule has 5 heteroatoms. The van der Waals surface area contributed by atoms with E-state index in [9.17, 15) is 19.2 Å². The van der Waals surface area contributed by atoms with Crippen LogP contribution in [0.5, 0.6) is 0 Å². The molecule has 2 aromatic carbocycles. The molecule has 0 bridgehead atoms. The molecule has 0 saturated carbocycles. The first-order valence-corrected chi connectivity index (χ1v) is 8.55. The number of nitrogens with zero attached hydrogens (tertiary/aromatic N) is 1. The van der Waals surface area contributed by atoms with Crippen molar-refractivity contribution in [3.8, 4) is 11.1 Å². The van der Waals surface area contributed by atoms with Crippen molar-refractivity contribution in [3.63, 3.8) is 0 Å². The lowest BCUT2D eigenvalue weighted by molar-refractivity contribution is -0.142. The summed E-state index contributed by atoms with van der Waals surface area (Å²) in [5.41, 5.74) is 3.51. The Balaban J connectivity index is 1.84. The van der Waals surface area contributed by atoms with Crippen molar-refractivity contribution in [1.82, 2.24) is 0 Å². The van der Waals surface area contributed by atoms with E-state index in [1.165, 1.54) is 6.92 Å². The van der Waals surface area contributed by atoms with Gasteiger partial charge in [0.1, 0.15) is 5.78 Å². The first-order valence-electron chi connectivity index (χ1n) is 8.55. The predicted octanol–water partition coefficient (Wildman–Crippen LogP) is 2.88. The quantitative estimate of drug-likeness (QED) is 0.801. The highest BCUT2D eigenvalue weighted by atomic mass is 16.2. The maximum absolute atomic E-state index is 13.1. The van der Waals surface area contributed by atoms with Crippen LogP contribution >= 0.6 is 0 Å². The molecule has 2 aliphatic heterocycles. The lowest BCUT2D eigenvalue weighted by Crippen LogP contribution is -2.52. The zero-order valence-electron chi connectivity index (χ0n) is 14.3. The Bertz CT molecular complexity index is 962. The monoisotopic (exact) mass is 347 g/mol. The molecule has 1 saturated heterocycles. The van der Waals surface area contributed by atoms with Gasteiger partial charge in [-0.2, -0.15) is 0 Å². The average Bonchev–Trinajstić information content (AvgIpc) is 2.61. The van der Waals surface area contributed by atoms with Crippen LogP contribution in [0.15, 0.2) is 48.5 Å². The number of anilines is 1. The fraction of sp³-hybridized carbons (Fsp3) is 0.238. The van der Waals surface area contributed by atoms with Crippen molar-refractivity contribution >= 4 is 28.9 Å². The highest BCUT2D eigenvalue weighted by Gasteiger charge is 2.48. The van der Waals surface area contributed by atoms with Gasteiger partial charge in [0.05, 0.1) is 18.2 Å². The fourth-order valence-corrected chi connectivity index (χ4v) is 3.97. The predicted molar refractivity (Wildman–Crippen MR) is 95.5 cm³/mol. The minimum Gasteiger partial charge on any atom is -0.303 e. The van der Waals surface area contributed by atoms with Crippen LogP contribution in [0.4, 0.5) is 5.69 Å². The van der Waals surface area contributed by atoms with Crippen LogP contribution in [0, 0.1) is 5.92 Å². The normalized spacial score (nSPS) is 20.9.